The van der Waals surface area contributed by atoms with E-state index in [-0.39, 0.29) is 5.78 Å². The molecule has 1 aromatic rings. The maximum absolute atomic E-state index is 11.7. The molecular formula is C15H12O2. The second kappa shape index (κ2) is 5.18. The van der Waals surface area contributed by atoms with E-state index in [9.17, 15) is 4.79 Å². The Hall–Kier alpha value is -2.27. The standard InChI is InChI=1S/C15H12O2/c1-17-14-9-7-13(8-10-14)15(16)11-6-12-4-2-3-5-12/h2-4,7-10H,5H2,1H3. The molecule has 0 saturated carbocycles. The minimum absolute atomic E-state index is 0.166. The maximum Gasteiger partial charge on any atom is 0.236 e. The van der Waals surface area contributed by atoms with Crippen LogP contribution in [0.25, 0.3) is 0 Å². The first-order valence-electron chi connectivity index (χ1n) is 5.36. The Kier molecular flexibility index (Phi) is 3.42. The average molecular weight is 224 g/mol. The summed E-state index contributed by atoms with van der Waals surface area (Å²) in [4.78, 5) is 11.7. The summed E-state index contributed by atoms with van der Waals surface area (Å²) < 4.78 is 5.03. The number of benzene rings is 1. The lowest BCUT2D eigenvalue weighted by atomic mass is 10.1. The fourth-order valence-corrected chi connectivity index (χ4v) is 1.49. The summed E-state index contributed by atoms with van der Waals surface area (Å²) in [6.07, 6.45) is 6.71. The summed E-state index contributed by atoms with van der Waals surface area (Å²) in [5.74, 6) is 6.08. The van der Waals surface area contributed by atoms with Crippen LogP contribution in [0.4, 0.5) is 0 Å². The number of ketones is 1. The van der Waals surface area contributed by atoms with Gasteiger partial charge in [0.15, 0.2) is 0 Å². The summed E-state index contributed by atoms with van der Waals surface area (Å²) >= 11 is 0. The van der Waals surface area contributed by atoms with Gasteiger partial charge in [-0.05, 0) is 36.6 Å². The Morgan fingerprint density at radius 2 is 2.06 bits per heavy atom. The van der Waals surface area contributed by atoms with Crippen molar-refractivity contribution in [2.45, 2.75) is 6.42 Å². The molecule has 0 aliphatic heterocycles. The zero-order valence-corrected chi connectivity index (χ0v) is 9.57. The fourth-order valence-electron chi connectivity index (χ4n) is 1.49. The molecule has 0 aromatic heterocycles. The smallest absolute Gasteiger partial charge is 0.236 e. The van der Waals surface area contributed by atoms with Crippen molar-refractivity contribution in [2.75, 3.05) is 7.11 Å². The van der Waals surface area contributed by atoms with E-state index in [4.69, 9.17) is 4.74 Å². The fraction of sp³-hybridized carbons (Fsp3) is 0.133. The molecule has 0 unspecified atom stereocenters. The highest BCUT2D eigenvalue weighted by molar-refractivity contribution is 6.09. The van der Waals surface area contributed by atoms with E-state index in [0.717, 1.165) is 17.7 Å². The number of carbonyl (C=O) groups is 1. The van der Waals surface area contributed by atoms with Crippen LogP contribution in [0.5, 0.6) is 5.75 Å². The molecule has 0 N–H and O–H groups in total. The highest BCUT2D eigenvalue weighted by Crippen LogP contribution is 2.12. The predicted octanol–water partition coefficient (Wildman–Crippen LogP) is 2.77. The summed E-state index contributed by atoms with van der Waals surface area (Å²) in [5, 5.41) is 0. The molecule has 1 aromatic carbocycles. The van der Waals surface area contributed by atoms with Gasteiger partial charge in [0.2, 0.25) is 5.78 Å². The Balaban J connectivity index is 2.08. The largest absolute Gasteiger partial charge is 0.497 e. The van der Waals surface area contributed by atoms with Gasteiger partial charge in [-0.15, -0.1) is 0 Å². The van der Waals surface area contributed by atoms with Crippen LogP contribution in [-0.2, 0) is 0 Å². The first-order valence-corrected chi connectivity index (χ1v) is 5.36. The third kappa shape index (κ3) is 2.85. The van der Waals surface area contributed by atoms with Crippen LogP contribution in [0, 0.1) is 11.8 Å². The molecule has 0 fully saturated rings. The molecule has 2 heteroatoms. The van der Waals surface area contributed by atoms with E-state index in [0.29, 0.717) is 5.56 Å². The van der Waals surface area contributed by atoms with Gasteiger partial charge in [0.05, 0.1) is 7.11 Å². The van der Waals surface area contributed by atoms with Crippen molar-refractivity contribution in [3.8, 4) is 17.6 Å². The monoisotopic (exact) mass is 224 g/mol. The lowest BCUT2D eigenvalue weighted by Gasteiger charge is -1.98. The van der Waals surface area contributed by atoms with E-state index in [1.165, 1.54) is 0 Å². The van der Waals surface area contributed by atoms with E-state index in [2.05, 4.69) is 11.8 Å². The van der Waals surface area contributed by atoms with Crippen molar-refractivity contribution in [3.05, 3.63) is 53.6 Å². The Morgan fingerprint density at radius 3 is 2.65 bits per heavy atom. The molecule has 0 radical (unpaired) electrons. The second-order valence-electron chi connectivity index (χ2n) is 3.63. The van der Waals surface area contributed by atoms with E-state index < -0.39 is 0 Å². The van der Waals surface area contributed by atoms with Crippen molar-refractivity contribution >= 4 is 5.78 Å². The average Bonchev–Trinajstić information content (AvgIpc) is 2.89. The first-order chi connectivity index (χ1) is 8.29. The zero-order valence-electron chi connectivity index (χ0n) is 9.57. The summed E-state index contributed by atoms with van der Waals surface area (Å²) in [6, 6.07) is 6.95. The summed E-state index contributed by atoms with van der Waals surface area (Å²) in [6.45, 7) is 0. The molecule has 1 aliphatic rings. The van der Waals surface area contributed by atoms with E-state index in [1.807, 2.05) is 18.2 Å². The van der Waals surface area contributed by atoms with Gasteiger partial charge in [-0.1, -0.05) is 24.1 Å². The number of methoxy groups -OCH3 is 1. The lowest BCUT2D eigenvalue weighted by Crippen LogP contribution is -1.95. The molecule has 0 heterocycles. The number of carbonyl (C=O) groups excluding carboxylic acids is 1. The number of hydrogen-bond donors (Lipinski definition) is 0. The first kappa shape index (κ1) is 11.2. The molecular weight excluding hydrogens is 212 g/mol. The molecule has 2 nitrogen and oxygen atoms in total. The molecule has 17 heavy (non-hydrogen) atoms. The normalized spacial score (nSPS) is 12.6. The van der Waals surface area contributed by atoms with Gasteiger partial charge in [-0.2, -0.15) is 0 Å². The SMILES string of the molecule is COc1ccc(C(=O)C#CC2=CC=CC2)cc1. The van der Waals surface area contributed by atoms with E-state index in [1.54, 1.807) is 31.4 Å². The number of ether oxygens (including phenoxy) is 1. The number of rotatable bonds is 2. The van der Waals surface area contributed by atoms with Gasteiger partial charge in [-0.25, -0.2) is 0 Å². The van der Waals surface area contributed by atoms with Gasteiger partial charge in [0.25, 0.3) is 0 Å². The van der Waals surface area contributed by atoms with Crippen LogP contribution < -0.4 is 4.74 Å². The van der Waals surface area contributed by atoms with Crippen molar-refractivity contribution < 1.29 is 9.53 Å². The van der Waals surface area contributed by atoms with Crippen LogP contribution in [0.2, 0.25) is 0 Å². The highest BCUT2D eigenvalue weighted by Gasteiger charge is 2.02. The van der Waals surface area contributed by atoms with Gasteiger partial charge in [0.1, 0.15) is 5.75 Å². The molecule has 0 spiro atoms. The number of hydrogen-bond acceptors (Lipinski definition) is 2. The van der Waals surface area contributed by atoms with Gasteiger partial charge in [-0.3, -0.25) is 4.79 Å². The molecule has 2 rings (SSSR count). The third-order valence-electron chi connectivity index (χ3n) is 2.46. The quantitative estimate of drug-likeness (QED) is 0.438. The van der Waals surface area contributed by atoms with Gasteiger partial charge in [0, 0.05) is 11.1 Å². The Bertz CT molecular complexity index is 537. The minimum atomic E-state index is -0.166. The van der Waals surface area contributed by atoms with Crippen molar-refractivity contribution in [3.63, 3.8) is 0 Å². The molecule has 0 saturated heterocycles. The number of Topliss-reactive ketones (excluding diaryl/α,β-unsaturated/α-hetero) is 1. The molecule has 0 amide bonds. The van der Waals surface area contributed by atoms with Crippen molar-refractivity contribution in [2.24, 2.45) is 0 Å². The summed E-state index contributed by atoms with van der Waals surface area (Å²) in [5.41, 5.74) is 1.57. The lowest BCUT2D eigenvalue weighted by molar-refractivity contribution is 0.105. The minimum Gasteiger partial charge on any atom is -0.497 e. The van der Waals surface area contributed by atoms with Crippen LogP contribution >= 0.6 is 0 Å². The van der Waals surface area contributed by atoms with Gasteiger partial charge >= 0.3 is 0 Å². The zero-order chi connectivity index (χ0) is 12.1. The predicted molar refractivity (Wildman–Crippen MR) is 66.9 cm³/mol. The highest BCUT2D eigenvalue weighted by atomic mass is 16.5. The second-order valence-corrected chi connectivity index (χ2v) is 3.63. The molecule has 0 bridgehead atoms. The summed E-state index contributed by atoms with van der Waals surface area (Å²) in [7, 11) is 1.59. The van der Waals surface area contributed by atoms with Crippen molar-refractivity contribution in [1.29, 1.82) is 0 Å². The molecule has 0 atom stereocenters. The van der Waals surface area contributed by atoms with Crippen LogP contribution in [0.15, 0.2) is 48.1 Å². The molecule has 84 valence electrons. The topological polar surface area (TPSA) is 26.3 Å². The Morgan fingerprint density at radius 1 is 1.29 bits per heavy atom. The van der Waals surface area contributed by atoms with Crippen molar-refractivity contribution in [1.82, 2.24) is 0 Å². The number of allylic oxidation sites excluding steroid dienone is 4. The van der Waals surface area contributed by atoms with Crippen LogP contribution in [-0.4, -0.2) is 12.9 Å². The van der Waals surface area contributed by atoms with Crippen LogP contribution in [0.1, 0.15) is 16.8 Å². The van der Waals surface area contributed by atoms with Crippen LogP contribution in [0.3, 0.4) is 0 Å². The third-order valence-corrected chi connectivity index (χ3v) is 2.46. The van der Waals surface area contributed by atoms with Gasteiger partial charge < -0.3 is 4.74 Å². The maximum atomic E-state index is 11.7. The Labute approximate surface area is 101 Å². The molecule has 1 aliphatic carbocycles. The van der Waals surface area contributed by atoms with E-state index >= 15 is 0 Å².